The predicted molar refractivity (Wildman–Crippen MR) is 81.0 cm³/mol. The van der Waals surface area contributed by atoms with Crippen LogP contribution in [0.25, 0.3) is 0 Å². The molecule has 1 fully saturated rings. The van der Waals surface area contributed by atoms with Crippen molar-refractivity contribution in [3.8, 4) is 0 Å². The molecule has 0 bridgehead atoms. The summed E-state index contributed by atoms with van der Waals surface area (Å²) < 4.78 is 4.82. The van der Waals surface area contributed by atoms with Crippen molar-refractivity contribution in [2.45, 2.75) is 25.8 Å². The number of nitrogens with one attached hydrogen (secondary N) is 1. The van der Waals surface area contributed by atoms with Crippen LogP contribution in [0.5, 0.6) is 0 Å². The zero-order valence-electron chi connectivity index (χ0n) is 12.2. The zero-order valence-corrected chi connectivity index (χ0v) is 12.2. The third kappa shape index (κ3) is 3.42. The Morgan fingerprint density at radius 2 is 2.35 bits per heavy atom. The number of esters is 1. The number of ether oxygens (including phenoxy) is 1. The van der Waals surface area contributed by atoms with E-state index >= 15 is 0 Å². The summed E-state index contributed by atoms with van der Waals surface area (Å²) in [5.74, 6) is -0.358. The topological polar surface area (TPSA) is 67.6 Å². The number of carbonyl (C=O) groups is 1. The van der Waals surface area contributed by atoms with Gasteiger partial charge in [-0.15, -0.1) is 0 Å². The molecule has 1 aliphatic heterocycles. The Labute approximate surface area is 120 Å². The highest BCUT2D eigenvalue weighted by molar-refractivity contribution is 5.96. The number of anilines is 2. The second-order valence-corrected chi connectivity index (χ2v) is 5.17. The number of piperidine rings is 1. The Hall–Kier alpha value is -1.75. The number of nitrogens with two attached hydrogens (primary N) is 1. The number of hydrogen-bond acceptors (Lipinski definition) is 5. The summed E-state index contributed by atoms with van der Waals surface area (Å²) >= 11 is 0. The molecule has 1 unspecified atom stereocenters. The van der Waals surface area contributed by atoms with Crippen LogP contribution in [0.4, 0.5) is 11.4 Å². The van der Waals surface area contributed by atoms with E-state index in [1.165, 1.54) is 13.5 Å². The maximum Gasteiger partial charge on any atom is 0.340 e. The molecule has 1 heterocycles. The number of rotatable bonds is 4. The minimum absolute atomic E-state index is 0.357. The Bertz CT molecular complexity index is 476. The summed E-state index contributed by atoms with van der Waals surface area (Å²) in [7, 11) is 1.38. The molecule has 0 aromatic heterocycles. The van der Waals surface area contributed by atoms with Crippen molar-refractivity contribution in [2.24, 2.45) is 0 Å². The molecule has 20 heavy (non-hydrogen) atoms. The highest BCUT2D eigenvalue weighted by atomic mass is 16.5. The van der Waals surface area contributed by atoms with Crippen molar-refractivity contribution in [3.63, 3.8) is 0 Å². The van der Waals surface area contributed by atoms with Gasteiger partial charge in [0.1, 0.15) is 0 Å². The van der Waals surface area contributed by atoms with Crippen molar-refractivity contribution in [2.75, 3.05) is 37.8 Å². The van der Waals surface area contributed by atoms with Crippen molar-refractivity contribution in [1.82, 2.24) is 4.90 Å². The lowest BCUT2D eigenvalue weighted by molar-refractivity contribution is 0.0602. The van der Waals surface area contributed by atoms with Crippen LogP contribution in [0.3, 0.4) is 0 Å². The Morgan fingerprint density at radius 3 is 3.05 bits per heavy atom. The van der Waals surface area contributed by atoms with Gasteiger partial charge in [-0.05, 0) is 44.1 Å². The van der Waals surface area contributed by atoms with Gasteiger partial charge in [-0.1, -0.05) is 6.92 Å². The van der Waals surface area contributed by atoms with Crippen LogP contribution in [0, 0.1) is 0 Å². The van der Waals surface area contributed by atoms with Crippen molar-refractivity contribution in [3.05, 3.63) is 23.8 Å². The molecule has 110 valence electrons. The molecule has 3 N–H and O–H groups in total. The molecule has 0 radical (unpaired) electrons. The van der Waals surface area contributed by atoms with E-state index in [4.69, 9.17) is 10.5 Å². The van der Waals surface area contributed by atoms with Crippen LogP contribution >= 0.6 is 0 Å². The van der Waals surface area contributed by atoms with E-state index in [2.05, 4.69) is 17.1 Å². The molecular weight excluding hydrogens is 254 g/mol. The molecule has 0 aliphatic carbocycles. The number of nitrogens with zero attached hydrogens (tertiary/aromatic N) is 1. The van der Waals surface area contributed by atoms with E-state index in [0.29, 0.717) is 17.3 Å². The number of carbonyl (C=O) groups excluding carboxylic acids is 1. The lowest BCUT2D eigenvalue weighted by Crippen LogP contribution is -2.42. The highest BCUT2D eigenvalue weighted by Crippen LogP contribution is 2.23. The van der Waals surface area contributed by atoms with Gasteiger partial charge in [0.15, 0.2) is 0 Å². The Morgan fingerprint density at radius 1 is 1.55 bits per heavy atom. The molecule has 5 nitrogen and oxygen atoms in total. The monoisotopic (exact) mass is 277 g/mol. The number of benzene rings is 1. The van der Waals surface area contributed by atoms with Crippen LogP contribution in [0.15, 0.2) is 18.2 Å². The largest absolute Gasteiger partial charge is 0.465 e. The Kier molecular flexibility index (Phi) is 4.84. The van der Waals surface area contributed by atoms with Crippen LogP contribution in [-0.2, 0) is 4.74 Å². The molecule has 1 aromatic carbocycles. The molecule has 0 saturated carbocycles. The minimum Gasteiger partial charge on any atom is -0.465 e. The number of nitrogen functional groups attached to an aromatic ring is 1. The van der Waals surface area contributed by atoms with Gasteiger partial charge in [-0.25, -0.2) is 4.79 Å². The van der Waals surface area contributed by atoms with Gasteiger partial charge in [0.25, 0.3) is 0 Å². The van der Waals surface area contributed by atoms with Gasteiger partial charge in [-0.3, -0.25) is 0 Å². The molecule has 1 aromatic rings. The maximum atomic E-state index is 11.8. The van der Waals surface area contributed by atoms with E-state index in [0.717, 1.165) is 31.7 Å². The average molecular weight is 277 g/mol. The number of methoxy groups -OCH3 is 1. The lowest BCUT2D eigenvalue weighted by Gasteiger charge is -2.33. The van der Waals surface area contributed by atoms with E-state index in [1.807, 2.05) is 6.07 Å². The summed E-state index contributed by atoms with van der Waals surface area (Å²) in [6.07, 6.45) is 2.29. The van der Waals surface area contributed by atoms with Crippen LogP contribution in [0.1, 0.15) is 30.1 Å². The summed E-state index contributed by atoms with van der Waals surface area (Å²) in [6.45, 7) is 5.39. The first-order chi connectivity index (χ1) is 9.63. The van der Waals surface area contributed by atoms with Gasteiger partial charge in [0.2, 0.25) is 0 Å². The number of hydrogen-bond donors (Lipinski definition) is 2. The fourth-order valence-electron chi connectivity index (χ4n) is 2.65. The summed E-state index contributed by atoms with van der Waals surface area (Å²) in [4.78, 5) is 14.2. The van der Waals surface area contributed by atoms with Gasteiger partial charge < -0.3 is 20.7 Å². The first-order valence-corrected chi connectivity index (χ1v) is 7.10. The molecule has 1 atom stereocenters. The maximum absolute atomic E-state index is 11.8. The van der Waals surface area contributed by atoms with Gasteiger partial charge in [0, 0.05) is 24.0 Å². The second-order valence-electron chi connectivity index (χ2n) is 5.17. The van der Waals surface area contributed by atoms with Crippen LogP contribution in [0.2, 0.25) is 0 Å². The average Bonchev–Trinajstić information content (AvgIpc) is 2.48. The molecule has 2 rings (SSSR count). The number of likely N-dealkylation sites (tertiary alicyclic amines) is 1. The van der Waals surface area contributed by atoms with Crippen molar-refractivity contribution < 1.29 is 9.53 Å². The van der Waals surface area contributed by atoms with Crippen molar-refractivity contribution >= 4 is 17.3 Å². The van der Waals surface area contributed by atoms with Crippen LogP contribution in [-0.4, -0.2) is 43.7 Å². The quantitative estimate of drug-likeness (QED) is 0.650. The lowest BCUT2D eigenvalue weighted by atomic mass is 10.0. The standard InChI is InChI=1S/C15H23N3O2/c1-3-18-8-4-5-12(10-18)17-14-7-6-11(16)9-13(14)15(19)20-2/h6-7,9,12,17H,3-5,8,10,16H2,1-2H3. The normalized spacial score (nSPS) is 19.6. The molecular formula is C15H23N3O2. The molecule has 5 heteroatoms. The van der Waals surface area contributed by atoms with Gasteiger partial charge in [0.05, 0.1) is 12.7 Å². The Balaban J connectivity index is 2.14. The SMILES string of the molecule is CCN1CCCC(Nc2ccc(N)cc2C(=O)OC)C1. The molecule has 0 amide bonds. The minimum atomic E-state index is -0.358. The van der Waals surface area contributed by atoms with E-state index in [9.17, 15) is 4.79 Å². The van der Waals surface area contributed by atoms with Crippen molar-refractivity contribution in [1.29, 1.82) is 0 Å². The van der Waals surface area contributed by atoms with Crippen LogP contribution < -0.4 is 11.1 Å². The van der Waals surface area contributed by atoms with E-state index in [1.54, 1.807) is 12.1 Å². The summed E-state index contributed by atoms with van der Waals surface area (Å²) in [5.41, 5.74) is 7.62. The molecule has 1 aliphatic rings. The predicted octanol–water partition coefficient (Wildman–Crippen LogP) is 1.95. The molecule has 1 saturated heterocycles. The summed E-state index contributed by atoms with van der Waals surface area (Å²) in [5, 5.41) is 3.46. The highest BCUT2D eigenvalue weighted by Gasteiger charge is 2.21. The second kappa shape index (κ2) is 6.61. The van der Waals surface area contributed by atoms with E-state index in [-0.39, 0.29) is 5.97 Å². The third-order valence-electron chi connectivity index (χ3n) is 3.76. The zero-order chi connectivity index (χ0) is 14.5. The third-order valence-corrected chi connectivity index (χ3v) is 3.76. The van der Waals surface area contributed by atoms with E-state index < -0.39 is 0 Å². The summed E-state index contributed by atoms with van der Waals surface area (Å²) in [6, 6.07) is 5.67. The van der Waals surface area contributed by atoms with Gasteiger partial charge >= 0.3 is 5.97 Å². The fraction of sp³-hybridized carbons (Fsp3) is 0.533. The smallest absolute Gasteiger partial charge is 0.340 e. The molecule has 0 spiro atoms. The first kappa shape index (κ1) is 14.7. The first-order valence-electron chi connectivity index (χ1n) is 7.10. The number of likely N-dealkylation sites (N-methyl/N-ethyl adjacent to an activating group) is 1. The van der Waals surface area contributed by atoms with Gasteiger partial charge in [-0.2, -0.15) is 0 Å². The fourth-order valence-corrected chi connectivity index (χ4v) is 2.65.